The van der Waals surface area contributed by atoms with Crippen LogP contribution in [0.1, 0.15) is 40.3 Å². The third kappa shape index (κ3) is 3.47. The van der Waals surface area contributed by atoms with Gasteiger partial charge in [0.2, 0.25) is 0 Å². The summed E-state index contributed by atoms with van der Waals surface area (Å²) < 4.78 is 5.28. The Morgan fingerprint density at radius 1 is 1.14 bits per heavy atom. The maximum absolute atomic E-state index is 5.74. The molecule has 0 radical (unpaired) electrons. The molecule has 3 heterocycles. The van der Waals surface area contributed by atoms with E-state index in [4.69, 9.17) is 17.0 Å². The number of aryl methyl sites for hydroxylation is 2. The first-order valence-corrected chi connectivity index (χ1v) is 9.74. The first kappa shape index (κ1) is 18.5. The standard InChI is InChI=1S/C22H24N4OS/c1-14-12-18(15(2)24-14)21-20(19-6-4-5-11-23-19)25-22(28)26(21)13-16-7-9-17(27-3)10-8-16/h4-12,20-21,24H,13H2,1-3H3,(H,25,28)/t20-,21-/m0/s1. The lowest BCUT2D eigenvalue weighted by Gasteiger charge is -2.28. The van der Waals surface area contributed by atoms with E-state index < -0.39 is 0 Å². The lowest BCUT2D eigenvalue weighted by atomic mass is 9.96. The average Bonchev–Trinajstić information content (AvgIpc) is 3.21. The summed E-state index contributed by atoms with van der Waals surface area (Å²) in [5.74, 6) is 0.853. The summed E-state index contributed by atoms with van der Waals surface area (Å²) in [6, 6.07) is 16.4. The summed E-state index contributed by atoms with van der Waals surface area (Å²) in [7, 11) is 1.68. The molecule has 0 aliphatic carbocycles. The predicted molar refractivity (Wildman–Crippen MR) is 114 cm³/mol. The third-order valence-electron chi connectivity index (χ3n) is 5.22. The predicted octanol–water partition coefficient (Wildman–Crippen LogP) is 4.21. The monoisotopic (exact) mass is 392 g/mol. The minimum Gasteiger partial charge on any atom is -0.497 e. The Morgan fingerprint density at radius 3 is 2.54 bits per heavy atom. The van der Waals surface area contributed by atoms with Gasteiger partial charge in [-0.15, -0.1) is 0 Å². The normalized spacial score (nSPS) is 19.0. The second kappa shape index (κ2) is 7.64. The molecule has 1 saturated heterocycles. The summed E-state index contributed by atoms with van der Waals surface area (Å²) in [5, 5.41) is 4.25. The smallest absolute Gasteiger partial charge is 0.170 e. The number of hydrogen-bond acceptors (Lipinski definition) is 3. The number of nitrogens with zero attached hydrogens (tertiary/aromatic N) is 2. The first-order chi connectivity index (χ1) is 13.6. The minimum absolute atomic E-state index is 0.000786. The number of benzene rings is 1. The Morgan fingerprint density at radius 2 is 1.93 bits per heavy atom. The van der Waals surface area contributed by atoms with Gasteiger partial charge in [-0.3, -0.25) is 4.98 Å². The molecule has 1 aromatic carbocycles. The molecule has 5 nitrogen and oxygen atoms in total. The Hall–Kier alpha value is -2.86. The number of methoxy groups -OCH3 is 1. The molecule has 0 saturated carbocycles. The number of ether oxygens (including phenoxy) is 1. The van der Waals surface area contributed by atoms with E-state index in [0.717, 1.165) is 27.9 Å². The van der Waals surface area contributed by atoms with Crippen LogP contribution in [-0.2, 0) is 6.54 Å². The molecule has 1 aliphatic heterocycles. The largest absolute Gasteiger partial charge is 0.497 e. The topological polar surface area (TPSA) is 53.2 Å². The van der Waals surface area contributed by atoms with E-state index in [0.29, 0.717) is 6.54 Å². The number of pyridine rings is 1. The Labute approximate surface area is 170 Å². The van der Waals surface area contributed by atoms with Crippen molar-refractivity contribution in [3.05, 3.63) is 82.9 Å². The molecule has 0 unspecified atom stereocenters. The van der Waals surface area contributed by atoms with Gasteiger partial charge in [-0.2, -0.15) is 0 Å². The molecule has 2 atom stereocenters. The number of rotatable bonds is 5. The Bertz CT molecular complexity index is 968. The zero-order chi connectivity index (χ0) is 19.7. The van der Waals surface area contributed by atoms with Crippen molar-refractivity contribution >= 4 is 17.3 Å². The highest BCUT2D eigenvalue weighted by Gasteiger charge is 2.40. The molecule has 2 N–H and O–H groups in total. The molecule has 28 heavy (non-hydrogen) atoms. The first-order valence-electron chi connectivity index (χ1n) is 9.34. The van der Waals surface area contributed by atoms with E-state index in [1.165, 1.54) is 11.1 Å². The van der Waals surface area contributed by atoms with Gasteiger partial charge in [-0.1, -0.05) is 18.2 Å². The van der Waals surface area contributed by atoms with Crippen LogP contribution in [0.3, 0.4) is 0 Å². The maximum Gasteiger partial charge on any atom is 0.170 e. The minimum atomic E-state index is 0.000786. The molecule has 3 aromatic rings. The van der Waals surface area contributed by atoms with Crippen molar-refractivity contribution in [1.29, 1.82) is 0 Å². The van der Waals surface area contributed by atoms with Gasteiger partial charge >= 0.3 is 0 Å². The number of nitrogens with one attached hydrogen (secondary N) is 2. The number of aromatic nitrogens is 2. The second-order valence-electron chi connectivity index (χ2n) is 7.14. The van der Waals surface area contributed by atoms with Crippen molar-refractivity contribution in [3.8, 4) is 5.75 Å². The van der Waals surface area contributed by atoms with Crippen LogP contribution in [0.2, 0.25) is 0 Å². The van der Waals surface area contributed by atoms with Gasteiger partial charge < -0.3 is 19.9 Å². The molecule has 1 fully saturated rings. The van der Waals surface area contributed by atoms with Crippen molar-refractivity contribution in [2.75, 3.05) is 7.11 Å². The van der Waals surface area contributed by atoms with Crippen molar-refractivity contribution in [3.63, 3.8) is 0 Å². The fourth-order valence-electron chi connectivity index (χ4n) is 3.89. The fourth-order valence-corrected chi connectivity index (χ4v) is 4.20. The Kier molecular flexibility index (Phi) is 5.05. The summed E-state index contributed by atoms with van der Waals surface area (Å²) >= 11 is 5.74. The molecule has 4 rings (SSSR count). The lowest BCUT2D eigenvalue weighted by molar-refractivity contribution is 0.310. The van der Waals surface area contributed by atoms with Gasteiger partial charge in [0.05, 0.1) is 24.9 Å². The molecular weight excluding hydrogens is 368 g/mol. The summed E-state index contributed by atoms with van der Waals surface area (Å²) in [6.07, 6.45) is 1.83. The fraction of sp³-hybridized carbons (Fsp3) is 0.273. The van der Waals surface area contributed by atoms with E-state index in [1.54, 1.807) is 7.11 Å². The van der Waals surface area contributed by atoms with Crippen LogP contribution in [0.4, 0.5) is 0 Å². The van der Waals surface area contributed by atoms with Gasteiger partial charge in [-0.05, 0) is 67.5 Å². The molecule has 2 aromatic heterocycles. The van der Waals surface area contributed by atoms with Crippen LogP contribution in [0.15, 0.2) is 54.7 Å². The lowest BCUT2D eigenvalue weighted by Crippen LogP contribution is -2.29. The van der Waals surface area contributed by atoms with Crippen molar-refractivity contribution < 1.29 is 4.74 Å². The van der Waals surface area contributed by atoms with Crippen LogP contribution >= 0.6 is 12.2 Å². The summed E-state index contributed by atoms with van der Waals surface area (Å²) in [4.78, 5) is 10.3. The quantitative estimate of drug-likeness (QED) is 0.637. The highest BCUT2D eigenvalue weighted by Crippen LogP contribution is 2.40. The zero-order valence-corrected chi connectivity index (χ0v) is 17.1. The van der Waals surface area contributed by atoms with E-state index in [-0.39, 0.29) is 12.1 Å². The van der Waals surface area contributed by atoms with Crippen molar-refractivity contribution in [2.45, 2.75) is 32.5 Å². The molecular formula is C22H24N4OS. The second-order valence-corrected chi connectivity index (χ2v) is 7.52. The van der Waals surface area contributed by atoms with Crippen LogP contribution < -0.4 is 10.1 Å². The van der Waals surface area contributed by atoms with Crippen LogP contribution in [-0.4, -0.2) is 27.1 Å². The van der Waals surface area contributed by atoms with E-state index in [1.807, 2.05) is 30.5 Å². The van der Waals surface area contributed by atoms with Crippen LogP contribution in [0, 0.1) is 13.8 Å². The van der Waals surface area contributed by atoms with Gasteiger partial charge in [-0.25, -0.2) is 0 Å². The number of hydrogen-bond donors (Lipinski definition) is 2. The van der Waals surface area contributed by atoms with Gasteiger partial charge in [0.1, 0.15) is 5.75 Å². The third-order valence-corrected chi connectivity index (χ3v) is 5.57. The molecule has 6 heteroatoms. The highest BCUT2D eigenvalue weighted by molar-refractivity contribution is 7.80. The zero-order valence-electron chi connectivity index (χ0n) is 16.3. The Balaban J connectivity index is 1.72. The van der Waals surface area contributed by atoms with Gasteiger partial charge in [0, 0.05) is 24.1 Å². The number of thiocarbonyl (C=S) groups is 1. The average molecular weight is 393 g/mol. The molecule has 1 aliphatic rings. The highest BCUT2D eigenvalue weighted by atomic mass is 32.1. The summed E-state index contributed by atoms with van der Waals surface area (Å²) in [6.45, 7) is 4.92. The summed E-state index contributed by atoms with van der Waals surface area (Å²) in [5.41, 5.74) is 5.73. The van der Waals surface area contributed by atoms with E-state index >= 15 is 0 Å². The molecule has 0 amide bonds. The van der Waals surface area contributed by atoms with E-state index in [2.05, 4.69) is 58.3 Å². The SMILES string of the molecule is COc1ccc(CN2C(=S)N[C@@H](c3ccccn3)[C@@H]2c2cc(C)[nH]c2C)cc1. The van der Waals surface area contributed by atoms with Crippen molar-refractivity contribution in [2.24, 2.45) is 0 Å². The number of aromatic amines is 1. The van der Waals surface area contributed by atoms with Crippen molar-refractivity contribution in [1.82, 2.24) is 20.2 Å². The number of H-pyrrole nitrogens is 1. The maximum atomic E-state index is 5.74. The molecule has 0 spiro atoms. The van der Waals surface area contributed by atoms with Gasteiger partial charge in [0.15, 0.2) is 5.11 Å². The molecule has 144 valence electrons. The van der Waals surface area contributed by atoms with Crippen LogP contribution in [0.5, 0.6) is 5.75 Å². The van der Waals surface area contributed by atoms with Gasteiger partial charge in [0.25, 0.3) is 0 Å². The van der Waals surface area contributed by atoms with Crippen LogP contribution in [0.25, 0.3) is 0 Å². The van der Waals surface area contributed by atoms with E-state index in [9.17, 15) is 0 Å². The molecule has 0 bridgehead atoms.